The van der Waals surface area contributed by atoms with Gasteiger partial charge in [-0.3, -0.25) is 0 Å². The van der Waals surface area contributed by atoms with Crippen LogP contribution in [-0.4, -0.2) is 25.5 Å². The molecule has 0 amide bonds. The minimum absolute atomic E-state index is 0.314. The molecule has 0 bridgehead atoms. The van der Waals surface area contributed by atoms with Crippen molar-refractivity contribution >= 4 is 5.97 Å². The number of ether oxygens (including phenoxy) is 3. The van der Waals surface area contributed by atoms with Gasteiger partial charge in [0.25, 0.3) is 0 Å². The molecule has 0 fully saturated rings. The molecule has 0 radical (unpaired) electrons. The molecule has 0 aromatic rings. The number of carbonyl (C=O) groups is 1. The second kappa shape index (κ2) is 8.97. The third-order valence-electron chi connectivity index (χ3n) is 1.77. The smallest absolute Gasteiger partial charge is 0.333 e. The SMILES string of the molecule is C=COC(CCCOC(=O)C(=C)C)OCC. The highest BCUT2D eigenvalue weighted by Crippen LogP contribution is 2.05. The monoisotopic (exact) mass is 228 g/mol. The third-order valence-corrected chi connectivity index (χ3v) is 1.77. The molecule has 92 valence electrons. The van der Waals surface area contributed by atoms with Crippen LogP contribution in [0.25, 0.3) is 0 Å². The number of esters is 1. The van der Waals surface area contributed by atoms with Crippen LogP contribution in [0.4, 0.5) is 0 Å². The van der Waals surface area contributed by atoms with Crippen LogP contribution in [0.15, 0.2) is 25.0 Å². The van der Waals surface area contributed by atoms with E-state index in [9.17, 15) is 4.79 Å². The molecule has 4 nitrogen and oxygen atoms in total. The Kier molecular flexibility index (Phi) is 8.25. The summed E-state index contributed by atoms with van der Waals surface area (Å²) < 4.78 is 15.3. The number of hydrogen-bond acceptors (Lipinski definition) is 4. The topological polar surface area (TPSA) is 44.8 Å². The molecule has 0 saturated carbocycles. The van der Waals surface area contributed by atoms with E-state index in [1.165, 1.54) is 6.26 Å². The lowest BCUT2D eigenvalue weighted by Gasteiger charge is -2.15. The van der Waals surface area contributed by atoms with Crippen molar-refractivity contribution in [2.75, 3.05) is 13.2 Å². The lowest BCUT2D eigenvalue weighted by molar-refractivity contribution is -0.140. The molecule has 1 unspecified atom stereocenters. The lowest BCUT2D eigenvalue weighted by atomic mass is 10.3. The van der Waals surface area contributed by atoms with E-state index in [1.807, 2.05) is 6.92 Å². The lowest BCUT2D eigenvalue weighted by Crippen LogP contribution is -2.16. The summed E-state index contributed by atoms with van der Waals surface area (Å²) in [6.45, 7) is 11.4. The van der Waals surface area contributed by atoms with Crippen LogP contribution in [0.2, 0.25) is 0 Å². The summed E-state index contributed by atoms with van der Waals surface area (Å²) in [5.41, 5.74) is 0.406. The predicted molar refractivity (Wildman–Crippen MR) is 61.7 cm³/mol. The van der Waals surface area contributed by atoms with Crippen LogP contribution in [-0.2, 0) is 19.0 Å². The van der Waals surface area contributed by atoms with Gasteiger partial charge in [0.2, 0.25) is 0 Å². The van der Waals surface area contributed by atoms with Crippen molar-refractivity contribution in [2.24, 2.45) is 0 Å². The molecule has 0 aliphatic carbocycles. The Bertz CT molecular complexity index is 235. The van der Waals surface area contributed by atoms with E-state index < -0.39 is 0 Å². The quantitative estimate of drug-likeness (QED) is 0.200. The normalized spacial score (nSPS) is 11.6. The minimum Gasteiger partial charge on any atom is -0.473 e. The summed E-state index contributed by atoms with van der Waals surface area (Å²) in [5, 5.41) is 0. The second-order valence-electron chi connectivity index (χ2n) is 3.25. The van der Waals surface area contributed by atoms with Gasteiger partial charge < -0.3 is 14.2 Å². The maximum Gasteiger partial charge on any atom is 0.333 e. The number of rotatable bonds is 9. The molecule has 4 heteroatoms. The zero-order valence-corrected chi connectivity index (χ0v) is 10.0. The zero-order chi connectivity index (χ0) is 12.4. The molecule has 0 aromatic carbocycles. The molecule has 0 saturated heterocycles. The first kappa shape index (κ1) is 14.7. The van der Waals surface area contributed by atoms with E-state index in [0.717, 1.165) is 0 Å². The van der Waals surface area contributed by atoms with Gasteiger partial charge in [-0.05, 0) is 20.3 Å². The Morgan fingerprint density at radius 1 is 1.50 bits per heavy atom. The summed E-state index contributed by atoms with van der Waals surface area (Å²) in [6.07, 6.45) is 2.37. The Hall–Kier alpha value is -1.29. The highest BCUT2D eigenvalue weighted by molar-refractivity contribution is 5.86. The van der Waals surface area contributed by atoms with Gasteiger partial charge in [-0.2, -0.15) is 0 Å². The van der Waals surface area contributed by atoms with E-state index in [2.05, 4.69) is 13.2 Å². The van der Waals surface area contributed by atoms with Gasteiger partial charge in [0.1, 0.15) is 0 Å². The average molecular weight is 228 g/mol. The first-order valence-electron chi connectivity index (χ1n) is 5.32. The Morgan fingerprint density at radius 3 is 2.69 bits per heavy atom. The molecular weight excluding hydrogens is 208 g/mol. The summed E-state index contributed by atoms with van der Waals surface area (Å²) in [5.74, 6) is -0.363. The Labute approximate surface area is 96.9 Å². The standard InChI is InChI=1S/C12H20O4/c1-5-14-11(15-6-2)8-7-9-16-12(13)10(3)4/h5,11H,1,3,6-9H2,2,4H3. The van der Waals surface area contributed by atoms with Crippen LogP contribution in [0.1, 0.15) is 26.7 Å². The fraction of sp³-hybridized carbons (Fsp3) is 0.583. The van der Waals surface area contributed by atoms with Crippen LogP contribution >= 0.6 is 0 Å². The predicted octanol–water partition coefficient (Wildman–Crippen LogP) is 2.41. The van der Waals surface area contributed by atoms with E-state index >= 15 is 0 Å². The van der Waals surface area contributed by atoms with Crippen LogP contribution in [0.5, 0.6) is 0 Å². The number of hydrogen-bond donors (Lipinski definition) is 0. The molecule has 1 atom stereocenters. The molecule has 0 spiro atoms. The van der Waals surface area contributed by atoms with Crippen molar-refractivity contribution in [2.45, 2.75) is 33.0 Å². The van der Waals surface area contributed by atoms with Crippen molar-refractivity contribution in [3.8, 4) is 0 Å². The van der Waals surface area contributed by atoms with Gasteiger partial charge in [-0.25, -0.2) is 4.79 Å². The molecule has 0 aromatic heterocycles. The van der Waals surface area contributed by atoms with Crippen LogP contribution in [0, 0.1) is 0 Å². The average Bonchev–Trinajstić information content (AvgIpc) is 2.24. The summed E-state index contributed by atoms with van der Waals surface area (Å²) in [7, 11) is 0. The molecule has 0 aliphatic heterocycles. The maximum absolute atomic E-state index is 11.0. The van der Waals surface area contributed by atoms with Gasteiger partial charge in [-0.1, -0.05) is 13.2 Å². The van der Waals surface area contributed by atoms with Crippen LogP contribution < -0.4 is 0 Å². The van der Waals surface area contributed by atoms with E-state index in [-0.39, 0.29) is 12.3 Å². The van der Waals surface area contributed by atoms with Crippen LogP contribution in [0.3, 0.4) is 0 Å². The van der Waals surface area contributed by atoms with Gasteiger partial charge in [0.05, 0.1) is 12.9 Å². The summed E-state index contributed by atoms with van der Waals surface area (Å²) >= 11 is 0. The minimum atomic E-state index is -0.363. The molecule has 0 rings (SSSR count). The number of carbonyl (C=O) groups excluding carboxylic acids is 1. The molecule has 0 heterocycles. The van der Waals surface area contributed by atoms with Gasteiger partial charge in [-0.15, -0.1) is 0 Å². The summed E-state index contributed by atoms with van der Waals surface area (Å²) in [6, 6.07) is 0. The first-order chi connectivity index (χ1) is 7.61. The van der Waals surface area contributed by atoms with E-state index in [4.69, 9.17) is 14.2 Å². The molecule has 16 heavy (non-hydrogen) atoms. The van der Waals surface area contributed by atoms with Crippen molar-refractivity contribution < 1.29 is 19.0 Å². The maximum atomic E-state index is 11.0. The van der Waals surface area contributed by atoms with Gasteiger partial charge in [0.15, 0.2) is 6.29 Å². The third kappa shape index (κ3) is 7.06. The highest BCUT2D eigenvalue weighted by Gasteiger charge is 2.08. The fourth-order valence-corrected chi connectivity index (χ4v) is 1.02. The van der Waals surface area contributed by atoms with Crippen molar-refractivity contribution in [1.82, 2.24) is 0 Å². The first-order valence-corrected chi connectivity index (χ1v) is 5.32. The van der Waals surface area contributed by atoms with E-state index in [1.54, 1.807) is 6.92 Å². The fourth-order valence-electron chi connectivity index (χ4n) is 1.02. The van der Waals surface area contributed by atoms with Crippen molar-refractivity contribution in [3.05, 3.63) is 25.0 Å². The van der Waals surface area contributed by atoms with Gasteiger partial charge in [0, 0.05) is 18.6 Å². The van der Waals surface area contributed by atoms with Gasteiger partial charge >= 0.3 is 5.97 Å². The molecule has 0 N–H and O–H groups in total. The Balaban J connectivity index is 3.65. The molecule has 0 aliphatic rings. The van der Waals surface area contributed by atoms with Crippen molar-refractivity contribution in [1.29, 1.82) is 0 Å². The molecular formula is C12H20O4. The van der Waals surface area contributed by atoms with E-state index in [0.29, 0.717) is 31.6 Å². The second-order valence-corrected chi connectivity index (χ2v) is 3.25. The highest BCUT2D eigenvalue weighted by atomic mass is 16.7. The zero-order valence-electron chi connectivity index (χ0n) is 10.0. The largest absolute Gasteiger partial charge is 0.473 e. The summed E-state index contributed by atoms with van der Waals surface area (Å²) in [4.78, 5) is 11.0. The Morgan fingerprint density at radius 2 is 2.19 bits per heavy atom. The van der Waals surface area contributed by atoms with Crippen molar-refractivity contribution in [3.63, 3.8) is 0 Å².